The summed E-state index contributed by atoms with van der Waals surface area (Å²) < 4.78 is 0. The highest BCUT2D eigenvalue weighted by Gasteiger charge is 2.10. The smallest absolute Gasteiger partial charge is 0.271 e. The van der Waals surface area contributed by atoms with Crippen LogP contribution in [-0.2, 0) is 0 Å². The van der Waals surface area contributed by atoms with Gasteiger partial charge >= 0.3 is 0 Å². The Morgan fingerprint density at radius 3 is 2.58 bits per heavy atom. The molecule has 0 saturated carbocycles. The lowest BCUT2D eigenvalue weighted by Crippen LogP contribution is -2.38. The van der Waals surface area contributed by atoms with Crippen molar-refractivity contribution in [2.45, 2.75) is 13.0 Å². The zero-order valence-electron chi connectivity index (χ0n) is 10.4. The molecule has 1 aromatic carbocycles. The Hall–Kier alpha value is -1.43. The van der Waals surface area contributed by atoms with Crippen molar-refractivity contribution in [3.8, 4) is 0 Å². The molecule has 0 saturated heterocycles. The SMILES string of the molecule is C[C@@H](CN)NC(=O)c1cnc2ccccc2n1.Cl.Cl. The molecular formula is C12H16Cl2N4O. The molecular weight excluding hydrogens is 287 g/mol. The van der Waals surface area contributed by atoms with Crippen LogP contribution in [0.5, 0.6) is 0 Å². The van der Waals surface area contributed by atoms with E-state index in [1.165, 1.54) is 6.20 Å². The standard InChI is InChI=1S/C12H14N4O.2ClH/c1-8(6-13)15-12(17)11-7-14-9-4-2-3-5-10(9)16-11;;/h2-5,7-8H,6,13H2,1H3,(H,15,17);2*1H/t8-;;/m0../s1. The first-order chi connectivity index (χ1) is 8.20. The van der Waals surface area contributed by atoms with E-state index in [1.807, 2.05) is 31.2 Å². The summed E-state index contributed by atoms with van der Waals surface area (Å²) in [5, 5.41) is 2.74. The van der Waals surface area contributed by atoms with Crippen molar-refractivity contribution in [1.82, 2.24) is 15.3 Å². The topological polar surface area (TPSA) is 80.9 Å². The summed E-state index contributed by atoms with van der Waals surface area (Å²) >= 11 is 0. The third-order valence-electron chi connectivity index (χ3n) is 2.41. The normalized spacial score (nSPS) is 11.1. The number of para-hydroxylation sites is 2. The summed E-state index contributed by atoms with van der Waals surface area (Å²) in [6.45, 7) is 2.24. The van der Waals surface area contributed by atoms with E-state index in [0.717, 1.165) is 5.52 Å². The summed E-state index contributed by atoms with van der Waals surface area (Å²) in [4.78, 5) is 20.2. The molecule has 0 unspecified atom stereocenters. The van der Waals surface area contributed by atoms with E-state index in [0.29, 0.717) is 17.8 Å². The number of hydrogen-bond acceptors (Lipinski definition) is 4. The second kappa shape index (κ2) is 7.89. The Morgan fingerprint density at radius 1 is 1.32 bits per heavy atom. The summed E-state index contributed by atoms with van der Waals surface area (Å²) in [5.74, 6) is -0.249. The van der Waals surface area contributed by atoms with Crippen LogP contribution in [0.3, 0.4) is 0 Å². The van der Waals surface area contributed by atoms with Crippen molar-refractivity contribution < 1.29 is 4.79 Å². The average molecular weight is 303 g/mol. The van der Waals surface area contributed by atoms with Crippen LogP contribution in [0.1, 0.15) is 17.4 Å². The van der Waals surface area contributed by atoms with Crippen LogP contribution in [0, 0.1) is 0 Å². The van der Waals surface area contributed by atoms with Crippen LogP contribution in [0.4, 0.5) is 0 Å². The first-order valence-corrected chi connectivity index (χ1v) is 5.43. The van der Waals surface area contributed by atoms with E-state index in [9.17, 15) is 4.79 Å². The summed E-state index contributed by atoms with van der Waals surface area (Å²) in [6, 6.07) is 7.35. The van der Waals surface area contributed by atoms with Gasteiger partial charge in [-0.1, -0.05) is 12.1 Å². The van der Waals surface area contributed by atoms with Crippen LogP contribution >= 0.6 is 24.8 Å². The number of nitrogens with zero attached hydrogens (tertiary/aromatic N) is 2. The maximum Gasteiger partial charge on any atom is 0.271 e. The molecule has 1 atom stereocenters. The minimum atomic E-state index is -0.249. The van der Waals surface area contributed by atoms with Crippen molar-refractivity contribution in [2.24, 2.45) is 5.73 Å². The number of benzene rings is 1. The lowest BCUT2D eigenvalue weighted by molar-refractivity contribution is 0.0936. The molecule has 0 aliphatic carbocycles. The lowest BCUT2D eigenvalue weighted by Gasteiger charge is -2.10. The van der Waals surface area contributed by atoms with Crippen molar-refractivity contribution in [3.63, 3.8) is 0 Å². The van der Waals surface area contributed by atoms with Crippen molar-refractivity contribution in [3.05, 3.63) is 36.2 Å². The fourth-order valence-corrected chi connectivity index (χ4v) is 1.42. The number of amides is 1. The van der Waals surface area contributed by atoms with Crippen LogP contribution in [0.25, 0.3) is 11.0 Å². The van der Waals surface area contributed by atoms with Gasteiger partial charge in [-0.15, -0.1) is 24.8 Å². The Bertz CT molecular complexity index is 550. The predicted octanol–water partition coefficient (Wildman–Crippen LogP) is 1.55. The zero-order chi connectivity index (χ0) is 12.3. The highest BCUT2D eigenvalue weighted by atomic mass is 35.5. The maximum absolute atomic E-state index is 11.8. The summed E-state index contributed by atoms with van der Waals surface area (Å²) in [6.07, 6.45) is 1.47. The van der Waals surface area contributed by atoms with E-state index in [4.69, 9.17) is 5.73 Å². The second-order valence-electron chi connectivity index (χ2n) is 3.85. The Labute approximate surface area is 123 Å². The Balaban J connectivity index is 0.00000162. The molecule has 0 radical (unpaired) electrons. The number of rotatable bonds is 3. The molecule has 2 aromatic rings. The number of carbonyl (C=O) groups excluding carboxylic acids is 1. The van der Waals surface area contributed by atoms with Gasteiger partial charge in [0.25, 0.3) is 5.91 Å². The minimum absolute atomic E-state index is 0. The van der Waals surface area contributed by atoms with Gasteiger partial charge in [0.15, 0.2) is 0 Å². The first-order valence-electron chi connectivity index (χ1n) is 5.43. The Kier molecular flexibility index (Phi) is 7.29. The third kappa shape index (κ3) is 4.31. The van der Waals surface area contributed by atoms with Gasteiger partial charge in [-0.25, -0.2) is 4.98 Å². The number of nitrogens with two attached hydrogens (primary N) is 1. The van der Waals surface area contributed by atoms with E-state index in [-0.39, 0.29) is 36.8 Å². The number of aromatic nitrogens is 2. The van der Waals surface area contributed by atoms with Crippen LogP contribution in [0.15, 0.2) is 30.5 Å². The molecule has 7 heteroatoms. The van der Waals surface area contributed by atoms with Crippen LogP contribution in [0.2, 0.25) is 0 Å². The van der Waals surface area contributed by atoms with Gasteiger partial charge < -0.3 is 11.1 Å². The largest absolute Gasteiger partial charge is 0.347 e. The zero-order valence-corrected chi connectivity index (χ0v) is 12.0. The summed E-state index contributed by atoms with van der Waals surface area (Å²) in [5.41, 5.74) is 7.23. The van der Waals surface area contributed by atoms with E-state index >= 15 is 0 Å². The number of hydrogen-bond donors (Lipinski definition) is 2. The van der Waals surface area contributed by atoms with Gasteiger partial charge in [0.1, 0.15) is 5.69 Å². The minimum Gasteiger partial charge on any atom is -0.347 e. The molecule has 5 nitrogen and oxygen atoms in total. The average Bonchev–Trinajstić information content (AvgIpc) is 2.38. The van der Waals surface area contributed by atoms with E-state index in [1.54, 1.807) is 0 Å². The van der Waals surface area contributed by atoms with Crippen molar-refractivity contribution >= 4 is 41.8 Å². The first kappa shape index (κ1) is 17.6. The van der Waals surface area contributed by atoms with Gasteiger partial charge in [0, 0.05) is 12.6 Å². The quantitative estimate of drug-likeness (QED) is 0.901. The molecule has 0 aliphatic rings. The second-order valence-corrected chi connectivity index (χ2v) is 3.85. The molecule has 3 N–H and O–H groups in total. The third-order valence-corrected chi connectivity index (χ3v) is 2.41. The number of halogens is 2. The van der Waals surface area contributed by atoms with Gasteiger partial charge in [-0.2, -0.15) is 0 Å². The van der Waals surface area contributed by atoms with E-state index < -0.39 is 0 Å². The van der Waals surface area contributed by atoms with Crippen LogP contribution in [-0.4, -0.2) is 28.5 Å². The molecule has 0 spiro atoms. The maximum atomic E-state index is 11.8. The molecule has 0 bridgehead atoms. The number of carbonyl (C=O) groups is 1. The molecule has 2 rings (SSSR count). The van der Waals surface area contributed by atoms with Crippen molar-refractivity contribution in [2.75, 3.05) is 6.54 Å². The fourth-order valence-electron chi connectivity index (χ4n) is 1.42. The monoisotopic (exact) mass is 302 g/mol. The number of fused-ring (bicyclic) bond motifs is 1. The molecule has 1 heterocycles. The van der Waals surface area contributed by atoms with Gasteiger partial charge in [0.2, 0.25) is 0 Å². The highest BCUT2D eigenvalue weighted by molar-refractivity contribution is 5.93. The van der Waals surface area contributed by atoms with Gasteiger partial charge in [-0.3, -0.25) is 9.78 Å². The van der Waals surface area contributed by atoms with Crippen molar-refractivity contribution in [1.29, 1.82) is 0 Å². The molecule has 0 aliphatic heterocycles. The van der Waals surface area contributed by atoms with E-state index in [2.05, 4.69) is 15.3 Å². The highest BCUT2D eigenvalue weighted by Crippen LogP contribution is 2.08. The molecule has 0 fully saturated rings. The lowest BCUT2D eigenvalue weighted by atomic mass is 10.3. The summed E-state index contributed by atoms with van der Waals surface area (Å²) in [7, 11) is 0. The molecule has 104 valence electrons. The van der Waals surface area contributed by atoms with Gasteiger partial charge in [0.05, 0.1) is 17.2 Å². The number of nitrogens with one attached hydrogen (secondary N) is 1. The fraction of sp³-hybridized carbons (Fsp3) is 0.250. The predicted molar refractivity (Wildman–Crippen MR) is 80.0 cm³/mol. The van der Waals surface area contributed by atoms with Crippen LogP contribution < -0.4 is 11.1 Å². The Morgan fingerprint density at radius 2 is 1.95 bits per heavy atom. The van der Waals surface area contributed by atoms with Gasteiger partial charge in [-0.05, 0) is 19.1 Å². The molecule has 19 heavy (non-hydrogen) atoms. The molecule has 1 amide bonds. The molecule has 1 aromatic heterocycles.